The van der Waals surface area contributed by atoms with Crippen LogP contribution in [0.2, 0.25) is 10.0 Å². The minimum Gasteiger partial charge on any atom is -0.449 e. The van der Waals surface area contributed by atoms with Gasteiger partial charge in [0, 0.05) is 40.3 Å². The number of nitrogens with zero attached hydrogens (tertiary/aromatic N) is 2. The van der Waals surface area contributed by atoms with Gasteiger partial charge in [0.25, 0.3) is 0 Å². The van der Waals surface area contributed by atoms with Gasteiger partial charge in [-0.05, 0) is 34.4 Å². The van der Waals surface area contributed by atoms with Crippen molar-refractivity contribution in [3.8, 4) is 11.1 Å². The SMILES string of the molecule is O=Cc1nccnc1Sc1c(Cl)ccc(Cl)c1CNC(=O)OCC1c2ccccc2-c2ccccc21. The van der Waals surface area contributed by atoms with Crippen LogP contribution in [0.3, 0.4) is 0 Å². The smallest absolute Gasteiger partial charge is 0.407 e. The summed E-state index contributed by atoms with van der Waals surface area (Å²) in [5, 5.41) is 3.99. The van der Waals surface area contributed by atoms with E-state index in [1.165, 1.54) is 12.4 Å². The van der Waals surface area contributed by atoms with Gasteiger partial charge in [-0.25, -0.2) is 14.8 Å². The van der Waals surface area contributed by atoms with Crippen LogP contribution in [0, 0.1) is 0 Å². The lowest BCUT2D eigenvalue weighted by atomic mass is 9.98. The van der Waals surface area contributed by atoms with Crippen LogP contribution in [0.15, 0.2) is 83.0 Å². The summed E-state index contributed by atoms with van der Waals surface area (Å²) in [6.07, 6.45) is 2.98. The Morgan fingerprint density at radius 2 is 1.58 bits per heavy atom. The summed E-state index contributed by atoms with van der Waals surface area (Å²) in [7, 11) is 0. The molecule has 180 valence electrons. The maximum Gasteiger partial charge on any atom is 0.407 e. The zero-order valence-electron chi connectivity index (χ0n) is 18.8. The Hall–Kier alpha value is -3.39. The van der Waals surface area contributed by atoms with Crippen LogP contribution in [0.4, 0.5) is 4.79 Å². The van der Waals surface area contributed by atoms with Crippen LogP contribution in [0.5, 0.6) is 0 Å². The first-order valence-corrected chi connectivity index (χ1v) is 12.6. The molecular formula is C27H19Cl2N3O3S. The summed E-state index contributed by atoms with van der Waals surface area (Å²) >= 11 is 14.1. The highest BCUT2D eigenvalue weighted by molar-refractivity contribution is 7.99. The number of fused-ring (bicyclic) bond motifs is 3. The Balaban J connectivity index is 1.29. The molecule has 4 aromatic rings. The summed E-state index contributed by atoms with van der Waals surface area (Å²) in [5.74, 6) is -0.0394. The summed E-state index contributed by atoms with van der Waals surface area (Å²) in [6, 6.07) is 19.6. The van der Waals surface area contributed by atoms with Crippen molar-refractivity contribution in [2.24, 2.45) is 0 Å². The first-order valence-electron chi connectivity index (χ1n) is 11.1. The van der Waals surface area contributed by atoms with Crippen LogP contribution < -0.4 is 5.32 Å². The first-order chi connectivity index (χ1) is 17.6. The van der Waals surface area contributed by atoms with E-state index in [4.69, 9.17) is 27.9 Å². The molecule has 6 nitrogen and oxygen atoms in total. The summed E-state index contributed by atoms with van der Waals surface area (Å²) in [5.41, 5.74) is 5.37. The standard InChI is InChI=1S/C27H19Cl2N3O3S/c28-22-9-10-23(29)25(36-26-24(14-33)30-11-12-31-26)20(22)13-32-27(34)35-15-21-18-7-3-1-5-16(18)17-6-2-4-8-19(17)21/h1-12,14,21H,13,15H2,(H,32,34). The van der Waals surface area contributed by atoms with Gasteiger partial charge in [-0.15, -0.1) is 0 Å². The number of carbonyl (C=O) groups is 2. The van der Waals surface area contributed by atoms with Crippen LogP contribution >= 0.6 is 35.0 Å². The molecule has 36 heavy (non-hydrogen) atoms. The third-order valence-corrected chi connectivity index (χ3v) is 7.87. The minimum atomic E-state index is -0.572. The maximum atomic E-state index is 12.7. The molecule has 0 saturated heterocycles. The average Bonchev–Trinajstić information content (AvgIpc) is 3.23. The molecular weight excluding hydrogens is 517 g/mol. The Labute approximate surface area is 222 Å². The van der Waals surface area contributed by atoms with E-state index >= 15 is 0 Å². The second-order valence-corrected chi connectivity index (χ2v) is 9.80. The Bertz CT molecular complexity index is 1420. The lowest BCUT2D eigenvalue weighted by Gasteiger charge is -2.16. The van der Waals surface area contributed by atoms with Gasteiger partial charge in [-0.1, -0.05) is 83.5 Å². The molecule has 0 atom stereocenters. The van der Waals surface area contributed by atoms with E-state index in [0.29, 0.717) is 31.8 Å². The maximum absolute atomic E-state index is 12.7. The molecule has 0 bridgehead atoms. The van der Waals surface area contributed by atoms with Gasteiger partial charge in [0.05, 0.1) is 5.02 Å². The highest BCUT2D eigenvalue weighted by atomic mass is 35.5. The highest BCUT2D eigenvalue weighted by Gasteiger charge is 2.29. The van der Waals surface area contributed by atoms with Crippen molar-refractivity contribution in [3.63, 3.8) is 0 Å². The Kier molecular flexibility index (Phi) is 7.23. The molecule has 1 amide bonds. The molecule has 5 rings (SSSR count). The minimum absolute atomic E-state index is 0.0394. The largest absolute Gasteiger partial charge is 0.449 e. The first kappa shape index (κ1) is 24.3. The zero-order valence-corrected chi connectivity index (χ0v) is 21.1. The van der Waals surface area contributed by atoms with E-state index in [1.54, 1.807) is 12.1 Å². The monoisotopic (exact) mass is 535 g/mol. The summed E-state index contributed by atoms with van der Waals surface area (Å²) < 4.78 is 5.62. The molecule has 3 aromatic carbocycles. The number of rotatable bonds is 7. The van der Waals surface area contributed by atoms with E-state index < -0.39 is 6.09 Å². The fraction of sp³-hybridized carbons (Fsp3) is 0.111. The molecule has 1 heterocycles. The van der Waals surface area contributed by atoms with Crippen molar-refractivity contribution in [2.45, 2.75) is 22.4 Å². The normalized spacial score (nSPS) is 12.1. The van der Waals surface area contributed by atoms with E-state index in [-0.39, 0.29) is 24.8 Å². The molecule has 1 N–H and O–H groups in total. The number of alkyl carbamates (subject to hydrolysis) is 1. The average molecular weight is 536 g/mol. The molecule has 1 aliphatic carbocycles. The molecule has 0 spiro atoms. The van der Waals surface area contributed by atoms with Crippen molar-refractivity contribution >= 4 is 47.3 Å². The molecule has 0 aliphatic heterocycles. The molecule has 0 radical (unpaired) electrons. The van der Waals surface area contributed by atoms with Gasteiger partial charge in [-0.2, -0.15) is 0 Å². The topological polar surface area (TPSA) is 81.2 Å². The Morgan fingerprint density at radius 1 is 0.944 bits per heavy atom. The fourth-order valence-corrected chi connectivity index (χ4v) is 5.81. The molecule has 1 aromatic heterocycles. The number of hydrogen-bond acceptors (Lipinski definition) is 6. The number of aldehydes is 1. The summed E-state index contributed by atoms with van der Waals surface area (Å²) in [4.78, 5) is 32.9. The number of carbonyl (C=O) groups excluding carboxylic acids is 2. The molecule has 0 fully saturated rings. The molecule has 0 saturated carbocycles. The second kappa shape index (κ2) is 10.7. The van der Waals surface area contributed by atoms with Gasteiger partial charge >= 0.3 is 6.09 Å². The van der Waals surface area contributed by atoms with Crippen LogP contribution in [-0.4, -0.2) is 29.0 Å². The number of benzene rings is 3. The summed E-state index contributed by atoms with van der Waals surface area (Å²) in [6.45, 7) is 0.280. The van der Waals surface area contributed by atoms with Crippen molar-refractivity contribution in [1.82, 2.24) is 15.3 Å². The predicted octanol–water partition coefficient (Wildman–Crippen LogP) is 6.79. The third-order valence-electron chi connectivity index (χ3n) is 5.91. The van der Waals surface area contributed by atoms with Crippen LogP contribution in [-0.2, 0) is 11.3 Å². The van der Waals surface area contributed by atoms with E-state index in [1.807, 2.05) is 24.3 Å². The number of halogens is 2. The highest BCUT2D eigenvalue weighted by Crippen LogP contribution is 2.44. The van der Waals surface area contributed by atoms with Crippen molar-refractivity contribution < 1.29 is 14.3 Å². The molecule has 0 unspecified atom stereocenters. The zero-order chi connectivity index (χ0) is 25.1. The van der Waals surface area contributed by atoms with Gasteiger partial charge in [-0.3, -0.25) is 4.79 Å². The van der Waals surface area contributed by atoms with Crippen LogP contribution in [0.25, 0.3) is 11.1 Å². The fourth-order valence-electron chi connectivity index (χ4n) is 4.25. The quantitative estimate of drug-likeness (QED) is 0.262. The second-order valence-electron chi connectivity index (χ2n) is 7.98. The van der Waals surface area contributed by atoms with Crippen molar-refractivity contribution in [3.05, 3.63) is 105 Å². The lowest BCUT2D eigenvalue weighted by Crippen LogP contribution is -2.26. The van der Waals surface area contributed by atoms with Crippen molar-refractivity contribution in [1.29, 1.82) is 0 Å². The predicted molar refractivity (Wildman–Crippen MR) is 140 cm³/mol. The van der Waals surface area contributed by atoms with Crippen molar-refractivity contribution in [2.75, 3.05) is 6.61 Å². The number of ether oxygens (including phenoxy) is 1. The van der Waals surface area contributed by atoms with E-state index in [2.05, 4.69) is 39.6 Å². The lowest BCUT2D eigenvalue weighted by molar-refractivity contribution is 0.111. The number of amides is 1. The number of aromatic nitrogens is 2. The number of nitrogens with one attached hydrogen (secondary N) is 1. The molecule has 9 heteroatoms. The van der Waals surface area contributed by atoms with E-state index in [9.17, 15) is 9.59 Å². The number of hydrogen-bond donors (Lipinski definition) is 1. The van der Waals surface area contributed by atoms with Gasteiger partial charge < -0.3 is 10.1 Å². The van der Waals surface area contributed by atoms with Gasteiger partial charge in [0.2, 0.25) is 0 Å². The van der Waals surface area contributed by atoms with Crippen LogP contribution in [0.1, 0.15) is 33.1 Å². The molecule has 1 aliphatic rings. The Morgan fingerprint density at radius 3 is 2.28 bits per heavy atom. The van der Waals surface area contributed by atoms with Gasteiger partial charge in [0.15, 0.2) is 6.29 Å². The third kappa shape index (κ3) is 4.82. The van der Waals surface area contributed by atoms with Gasteiger partial charge in [0.1, 0.15) is 17.3 Å². The van der Waals surface area contributed by atoms with E-state index in [0.717, 1.165) is 34.0 Å².